The maximum Gasteiger partial charge on any atom is 0.274 e. The van der Waals surface area contributed by atoms with E-state index in [4.69, 9.17) is 4.74 Å². The molecule has 1 heterocycles. The highest BCUT2D eigenvalue weighted by Crippen LogP contribution is 2.24. The first-order valence-corrected chi connectivity index (χ1v) is 7.95. The molecule has 0 radical (unpaired) electrons. The number of aryl methyl sites for hydroxylation is 2. The highest BCUT2D eigenvalue weighted by atomic mass is 79.9. The molecule has 23 heavy (non-hydrogen) atoms. The third-order valence-corrected chi connectivity index (χ3v) is 3.71. The summed E-state index contributed by atoms with van der Waals surface area (Å²) in [6.07, 6.45) is 0. The average Bonchev–Trinajstić information content (AvgIpc) is 2.50. The van der Waals surface area contributed by atoms with Crippen molar-refractivity contribution in [3.8, 4) is 0 Å². The predicted octanol–water partition coefficient (Wildman–Crippen LogP) is 3.17. The number of benzene rings is 1. The number of methoxy groups -OCH3 is 1. The van der Waals surface area contributed by atoms with E-state index in [-0.39, 0.29) is 5.91 Å². The SMILES string of the molecule is COCCNc1cc(C(=O)Nc2ccc(C)cc2Br)nc(C)n1. The van der Waals surface area contributed by atoms with Crippen LogP contribution in [0.15, 0.2) is 28.7 Å². The molecule has 6 nitrogen and oxygen atoms in total. The van der Waals surface area contributed by atoms with Crippen LogP contribution in [0.4, 0.5) is 11.5 Å². The van der Waals surface area contributed by atoms with Crippen molar-refractivity contribution in [2.45, 2.75) is 13.8 Å². The first-order chi connectivity index (χ1) is 11.0. The molecule has 0 saturated heterocycles. The lowest BCUT2D eigenvalue weighted by Crippen LogP contribution is -2.17. The van der Waals surface area contributed by atoms with Gasteiger partial charge >= 0.3 is 0 Å². The van der Waals surface area contributed by atoms with Crippen LogP contribution in [0.1, 0.15) is 21.9 Å². The second kappa shape index (κ2) is 8.03. The third kappa shape index (κ3) is 5.01. The number of carbonyl (C=O) groups excluding carboxylic acids is 1. The van der Waals surface area contributed by atoms with Gasteiger partial charge in [0, 0.05) is 24.2 Å². The van der Waals surface area contributed by atoms with Gasteiger partial charge in [0.25, 0.3) is 5.91 Å². The van der Waals surface area contributed by atoms with E-state index in [1.165, 1.54) is 0 Å². The lowest BCUT2D eigenvalue weighted by molar-refractivity contribution is 0.102. The number of nitrogens with zero attached hydrogens (tertiary/aromatic N) is 2. The van der Waals surface area contributed by atoms with Crippen LogP contribution in [0.25, 0.3) is 0 Å². The monoisotopic (exact) mass is 378 g/mol. The van der Waals surface area contributed by atoms with Gasteiger partial charge in [0.2, 0.25) is 0 Å². The molecule has 0 unspecified atom stereocenters. The Morgan fingerprint density at radius 2 is 2.04 bits per heavy atom. The number of aromatic nitrogens is 2. The molecule has 7 heteroatoms. The zero-order valence-corrected chi connectivity index (χ0v) is 14.9. The van der Waals surface area contributed by atoms with Crippen LogP contribution in [-0.4, -0.2) is 36.1 Å². The maximum atomic E-state index is 12.4. The van der Waals surface area contributed by atoms with E-state index in [1.807, 2.05) is 25.1 Å². The summed E-state index contributed by atoms with van der Waals surface area (Å²) in [5.74, 6) is 0.845. The highest BCUT2D eigenvalue weighted by molar-refractivity contribution is 9.10. The molecule has 0 atom stereocenters. The van der Waals surface area contributed by atoms with Gasteiger partial charge in [0.05, 0.1) is 12.3 Å². The molecule has 0 aliphatic rings. The summed E-state index contributed by atoms with van der Waals surface area (Å²) in [4.78, 5) is 20.9. The summed E-state index contributed by atoms with van der Waals surface area (Å²) in [6.45, 7) is 4.90. The van der Waals surface area contributed by atoms with Crippen molar-refractivity contribution in [1.82, 2.24) is 9.97 Å². The fraction of sp³-hybridized carbons (Fsp3) is 0.312. The number of hydrogen-bond donors (Lipinski definition) is 2. The smallest absolute Gasteiger partial charge is 0.274 e. The second-order valence-corrected chi connectivity index (χ2v) is 5.90. The van der Waals surface area contributed by atoms with Crippen LogP contribution in [0.5, 0.6) is 0 Å². The van der Waals surface area contributed by atoms with E-state index < -0.39 is 0 Å². The van der Waals surface area contributed by atoms with Crippen LogP contribution in [-0.2, 0) is 4.74 Å². The standard InChI is InChI=1S/C16H19BrN4O2/c1-10-4-5-13(12(17)8-10)21-16(22)14-9-15(18-6-7-23-3)20-11(2)19-14/h4-5,8-9H,6-7H2,1-3H3,(H,21,22)(H,18,19,20). The van der Waals surface area contributed by atoms with Crippen molar-refractivity contribution in [2.75, 3.05) is 30.9 Å². The van der Waals surface area contributed by atoms with E-state index in [1.54, 1.807) is 20.1 Å². The summed E-state index contributed by atoms with van der Waals surface area (Å²) >= 11 is 3.45. The summed E-state index contributed by atoms with van der Waals surface area (Å²) < 4.78 is 5.81. The number of ether oxygens (including phenoxy) is 1. The summed E-state index contributed by atoms with van der Waals surface area (Å²) in [7, 11) is 1.63. The number of carbonyl (C=O) groups is 1. The molecular formula is C16H19BrN4O2. The second-order valence-electron chi connectivity index (χ2n) is 5.04. The summed E-state index contributed by atoms with van der Waals surface area (Å²) in [6, 6.07) is 7.35. The minimum absolute atomic E-state index is 0.283. The van der Waals surface area contributed by atoms with Gasteiger partial charge in [0.1, 0.15) is 17.3 Å². The van der Waals surface area contributed by atoms with Gasteiger partial charge < -0.3 is 15.4 Å². The first kappa shape index (κ1) is 17.4. The van der Waals surface area contributed by atoms with Crippen LogP contribution < -0.4 is 10.6 Å². The first-order valence-electron chi connectivity index (χ1n) is 7.15. The van der Waals surface area contributed by atoms with Crippen LogP contribution in [0.2, 0.25) is 0 Å². The molecule has 1 aromatic heterocycles. The van der Waals surface area contributed by atoms with Crippen molar-refractivity contribution in [3.63, 3.8) is 0 Å². The minimum Gasteiger partial charge on any atom is -0.383 e. The fourth-order valence-corrected chi connectivity index (χ4v) is 2.56. The Hall–Kier alpha value is -1.99. The zero-order chi connectivity index (χ0) is 16.8. The fourth-order valence-electron chi connectivity index (χ4n) is 1.96. The van der Waals surface area contributed by atoms with E-state index in [0.29, 0.717) is 36.2 Å². The Labute approximate surface area is 143 Å². The molecule has 0 bridgehead atoms. The topological polar surface area (TPSA) is 76.1 Å². The molecule has 0 saturated carbocycles. The predicted molar refractivity (Wildman–Crippen MR) is 94.0 cm³/mol. The lowest BCUT2D eigenvalue weighted by atomic mass is 10.2. The highest BCUT2D eigenvalue weighted by Gasteiger charge is 2.12. The maximum absolute atomic E-state index is 12.4. The van der Waals surface area contributed by atoms with Gasteiger partial charge in [-0.1, -0.05) is 6.07 Å². The molecule has 0 fully saturated rings. The largest absolute Gasteiger partial charge is 0.383 e. The molecular weight excluding hydrogens is 360 g/mol. The normalized spacial score (nSPS) is 10.4. The Kier molecular flexibility index (Phi) is 6.06. The average molecular weight is 379 g/mol. The zero-order valence-electron chi connectivity index (χ0n) is 13.3. The number of anilines is 2. The van der Waals surface area contributed by atoms with Gasteiger partial charge in [-0.05, 0) is 47.5 Å². The lowest BCUT2D eigenvalue weighted by Gasteiger charge is -2.10. The van der Waals surface area contributed by atoms with Crippen LogP contribution in [0, 0.1) is 13.8 Å². The Morgan fingerprint density at radius 3 is 2.74 bits per heavy atom. The molecule has 2 N–H and O–H groups in total. The Bertz CT molecular complexity index is 706. The van der Waals surface area contributed by atoms with Crippen molar-refractivity contribution >= 4 is 33.3 Å². The molecule has 122 valence electrons. The number of rotatable bonds is 6. The summed E-state index contributed by atoms with van der Waals surface area (Å²) in [5, 5.41) is 5.95. The van der Waals surface area contributed by atoms with E-state index in [2.05, 4.69) is 36.5 Å². The number of hydrogen-bond acceptors (Lipinski definition) is 5. The molecule has 2 aromatic rings. The molecule has 0 spiro atoms. The molecule has 0 aliphatic carbocycles. The Morgan fingerprint density at radius 1 is 1.26 bits per heavy atom. The number of nitrogens with one attached hydrogen (secondary N) is 2. The molecule has 1 amide bonds. The molecule has 2 rings (SSSR count). The van der Waals surface area contributed by atoms with Crippen LogP contribution in [0.3, 0.4) is 0 Å². The van der Waals surface area contributed by atoms with Gasteiger partial charge in [-0.3, -0.25) is 4.79 Å². The van der Waals surface area contributed by atoms with E-state index >= 15 is 0 Å². The van der Waals surface area contributed by atoms with Crippen molar-refractivity contribution in [1.29, 1.82) is 0 Å². The summed E-state index contributed by atoms with van der Waals surface area (Å²) in [5.41, 5.74) is 2.12. The van der Waals surface area contributed by atoms with Gasteiger partial charge in [-0.2, -0.15) is 0 Å². The van der Waals surface area contributed by atoms with Gasteiger partial charge in [-0.15, -0.1) is 0 Å². The quantitative estimate of drug-likeness (QED) is 0.754. The van der Waals surface area contributed by atoms with E-state index in [0.717, 1.165) is 10.0 Å². The number of halogens is 1. The Balaban J connectivity index is 2.15. The third-order valence-electron chi connectivity index (χ3n) is 3.06. The van der Waals surface area contributed by atoms with Gasteiger partial charge in [-0.25, -0.2) is 9.97 Å². The van der Waals surface area contributed by atoms with Crippen molar-refractivity contribution < 1.29 is 9.53 Å². The van der Waals surface area contributed by atoms with Gasteiger partial charge in [0.15, 0.2) is 0 Å². The van der Waals surface area contributed by atoms with E-state index in [9.17, 15) is 4.79 Å². The molecule has 0 aliphatic heterocycles. The molecule has 1 aromatic carbocycles. The van der Waals surface area contributed by atoms with Crippen LogP contribution >= 0.6 is 15.9 Å². The van der Waals surface area contributed by atoms with Crippen molar-refractivity contribution in [3.05, 3.63) is 45.8 Å². The number of amides is 1. The minimum atomic E-state index is -0.283. The van der Waals surface area contributed by atoms with Crippen molar-refractivity contribution in [2.24, 2.45) is 0 Å².